The van der Waals surface area contributed by atoms with Gasteiger partial charge in [-0.25, -0.2) is 0 Å². The third kappa shape index (κ3) is 8.76. The van der Waals surface area contributed by atoms with Crippen molar-refractivity contribution in [3.63, 3.8) is 0 Å². The largest absolute Gasteiger partial charge is 0.661 e. The van der Waals surface area contributed by atoms with Gasteiger partial charge in [0.15, 0.2) is 0 Å². The van der Waals surface area contributed by atoms with E-state index in [9.17, 15) is 14.9 Å². The molecule has 0 aliphatic carbocycles. The molecule has 0 radical (unpaired) electrons. The second-order valence-electron chi connectivity index (χ2n) is 3.42. The zero-order valence-corrected chi connectivity index (χ0v) is 14.6. The number of rotatable bonds is 6. The molecule has 1 rings (SSSR count). The molecule has 0 amide bonds. The van der Waals surface area contributed by atoms with Crippen LogP contribution in [-0.2, 0) is 38.8 Å². The molecule has 1 aromatic rings. The van der Waals surface area contributed by atoms with Crippen LogP contribution in [0.25, 0.3) is 5.73 Å². The quantitative estimate of drug-likeness (QED) is 0.269. The molecule has 2 N–H and O–H groups in total. The number of non-ortho nitro benzene ring substituents is 1. The maximum absolute atomic E-state index is 10.4. The smallest absolute Gasteiger partial charge is 0.290 e. The second kappa shape index (κ2) is 11.3. The predicted octanol–water partition coefficient (Wildman–Crippen LogP) is 2.79. The van der Waals surface area contributed by atoms with E-state index < -0.39 is 33.4 Å². The molecule has 116 valence electrons. The summed E-state index contributed by atoms with van der Waals surface area (Å²) in [6, 6.07) is 5.02. The maximum Gasteiger partial charge on any atom is 0.290 e. The molecule has 0 saturated carbocycles. The van der Waals surface area contributed by atoms with Gasteiger partial charge in [-0.05, 0) is 23.9 Å². The number of halogens is 2. The van der Waals surface area contributed by atoms with Crippen molar-refractivity contribution in [1.29, 1.82) is 0 Å². The number of hydrogen-bond acceptors (Lipinski definition) is 3. The Balaban J connectivity index is 0.00000110. The summed E-state index contributed by atoms with van der Waals surface area (Å²) in [7, 11) is 9.75. The Kier molecular flexibility index (Phi) is 11.2. The summed E-state index contributed by atoms with van der Waals surface area (Å²) in [4.78, 5) is 20.3. The summed E-state index contributed by atoms with van der Waals surface area (Å²) < 4.78 is 0. The van der Waals surface area contributed by atoms with Crippen molar-refractivity contribution in [2.45, 2.75) is 11.8 Å². The van der Waals surface area contributed by atoms with E-state index in [4.69, 9.17) is 29.7 Å². The monoisotopic (exact) mass is 521 g/mol. The van der Waals surface area contributed by atoms with Crippen LogP contribution in [0, 0.1) is 10.1 Å². The zero-order valence-electron chi connectivity index (χ0n) is 9.94. The van der Waals surface area contributed by atoms with E-state index in [2.05, 4.69) is 0 Å². The van der Waals surface area contributed by atoms with E-state index in [0.29, 0.717) is 5.75 Å². The van der Waals surface area contributed by atoms with Crippen molar-refractivity contribution in [3.8, 4) is 0 Å². The van der Waals surface area contributed by atoms with Crippen molar-refractivity contribution >= 4 is 42.3 Å². The van der Waals surface area contributed by atoms with Crippen molar-refractivity contribution in [2.75, 3.05) is 5.75 Å². The van der Waals surface area contributed by atoms with Gasteiger partial charge in [0.1, 0.15) is 5.75 Å². The number of nitrogens with zero attached hydrogens (tertiary/aromatic N) is 1. The molecular weight excluding hydrogens is 510 g/mol. The number of carboxylic acid groups (broad SMARTS) is 1. The molecule has 20 heavy (non-hydrogen) atoms. The van der Waals surface area contributed by atoms with E-state index >= 15 is 0 Å². The molecular formula is C10H12Cl2N2O4PtS. The van der Waals surface area contributed by atoms with Gasteiger partial charge in [-0.3, -0.25) is 14.9 Å². The number of nitro benzene ring substituents is 1. The Labute approximate surface area is 136 Å². The van der Waals surface area contributed by atoms with Gasteiger partial charge in [0.2, 0.25) is 0 Å². The van der Waals surface area contributed by atoms with E-state index in [1.165, 1.54) is 12.1 Å². The van der Waals surface area contributed by atoms with Gasteiger partial charge in [-0.2, -0.15) is 0 Å². The summed E-state index contributed by atoms with van der Waals surface area (Å²) in [5.74, 6) is -0.270. The fourth-order valence-corrected chi connectivity index (χ4v) is 2.14. The molecule has 0 aliphatic heterocycles. The van der Waals surface area contributed by atoms with Crippen LogP contribution in [-0.4, -0.2) is 27.8 Å². The van der Waals surface area contributed by atoms with Gasteiger partial charge < -0.3 is 10.8 Å². The Morgan fingerprint density at radius 1 is 1.45 bits per heavy atom. The number of hydrogen-bond donors (Lipinski definition) is 1. The first-order chi connectivity index (χ1) is 9.42. The molecule has 1 unspecified atom stereocenters. The summed E-state index contributed by atoms with van der Waals surface area (Å²) in [5.41, 5.74) is 8.12. The minimum atomic E-state index is -1.12. The summed E-state index contributed by atoms with van der Waals surface area (Å²) in [6.07, 6.45) is 0. The van der Waals surface area contributed by atoms with Crippen LogP contribution in [0.15, 0.2) is 24.3 Å². The third-order valence-electron chi connectivity index (χ3n) is 2.05. The molecule has 0 spiro atoms. The van der Waals surface area contributed by atoms with E-state index in [1.807, 2.05) is 0 Å². The maximum atomic E-state index is 10.4. The molecule has 1 aromatic carbocycles. The Hall–Kier alpha value is -0.332. The number of carbonyl (C=O) groups is 1. The van der Waals surface area contributed by atoms with Crippen LogP contribution >= 0.6 is 18.8 Å². The van der Waals surface area contributed by atoms with Crippen LogP contribution in [0.5, 0.6) is 0 Å². The van der Waals surface area contributed by atoms with Crippen molar-refractivity contribution in [2.24, 2.45) is 0 Å². The number of thiol groups is 1. The molecule has 0 heterocycles. The Morgan fingerprint density at radius 3 is 2.35 bits per heavy atom. The second-order valence-corrected chi connectivity index (χ2v) is 7.84. The van der Waals surface area contributed by atoms with Gasteiger partial charge in [0, 0.05) is 23.7 Å². The standard InChI is InChI=1S/C10H11N2O4S.2ClH.Pt/c11-9(10(13)14)6-17-5-7-1-3-8(4-2-7)12(15)16;;;/h1-4,9,11H,5-6H2,(H,13,14);2*1H;/q-1;;;+2/p-1. The van der Waals surface area contributed by atoms with Crippen LogP contribution in [0.4, 0.5) is 5.69 Å². The minimum absolute atomic E-state index is 0.0364. The SMILES string of the molecule is [Cl][Pt][Cl].[NH-]C(C[SH+]Cc1ccc([N+](=O)[O-])cc1)C(=O)O. The fourth-order valence-electron chi connectivity index (χ4n) is 1.12. The Bertz CT molecular complexity index is 436. The van der Waals surface area contributed by atoms with Crippen LogP contribution in [0.3, 0.4) is 0 Å². The number of carboxylic acids is 1. The third-order valence-corrected chi connectivity index (χ3v) is 3.26. The topological polar surface area (TPSA) is 104 Å². The van der Waals surface area contributed by atoms with Gasteiger partial charge >= 0.3 is 35.3 Å². The van der Waals surface area contributed by atoms with Gasteiger partial charge in [0.05, 0.1) is 10.7 Å². The van der Waals surface area contributed by atoms with Crippen LogP contribution in [0.1, 0.15) is 5.56 Å². The van der Waals surface area contributed by atoms with Crippen molar-refractivity contribution in [1.82, 2.24) is 0 Å². The Morgan fingerprint density at radius 2 is 1.95 bits per heavy atom. The average molecular weight is 522 g/mol. The summed E-state index contributed by atoms with van der Waals surface area (Å²) in [6.45, 7) is 0. The van der Waals surface area contributed by atoms with Crippen LogP contribution in [0.2, 0.25) is 0 Å². The van der Waals surface area contributed by atoms with Crippen LogP contribution < -0.4 is 0 Å². The zero-order chi connectivity index (χ0) is 15.5. The number of nitrogens with one attached hydrogen (secondary N) is 1. The predicted molar refractivity (Wildman–Crippen MR) is 77.9 cm³/mol. The van der Waals surface area contributed by atoms with E-state index in [-0.39, 0.29) is 11.4 Å². The van der Waals surface area contributed by atoms with Gasteiger partial charge in [0.25, 0.3) is 11.7 Å². The molecule has 0 bridgehead atoms. The van der Waals surface area contributed by atoms with Crippen molar-refractivity contribution < 1.29 is 31.3 Å². The normalized spacial score (nSPS) is 11.3. The number of benzene rings is 1. The molecule has 0 fully saturated rings. The summed E-state index contributed by atoms with van der Waals surface area (Å²) in [5, 5.41) is 18.9. The molecule has 6 nitrogen and oxygen atoms in total. The first-order valence-electron chi connectivity index (χ1n) is 5.05. The average Bonchev–Trinajstić information content (AvgIpc) is 2.40. The molecule has 0 aromatic heterocycles. The first-order valence-corrected chi connectivity index (χ1v) is 11.9. The van der Waals surface area contributed by atoms with E-state index in [0.717, 1.165) is 17.3 Å². The number of nitro groups is 1. The number of aliphatic carboxylic acids is 1. The fraction of sp³-hybridized carbons (Fsp3) is 0.300. The summed E-state index contributed by atoms with van der Waals surface area (Å²) >= 11 is 0.355. The molecule has 1 atom stereocenters. The molecule has 10 heteroatoms. The molecule has 0 aliphatic rings. The van der Waals surface area contributed by atoms with Gasteiger partial charge in [-0.15, -0.1) is 0 Å². The molecule has 0 saturated heterocycles. The first kappa shape index (κ1) is 19.7. The van der Waals surface area contributed by atoms with Gasteiger partial charge in [-0.1, -0.05) is 0 Å². The van der Waals surface area contributed by atoms with Crippen molar-refractivity contribution in [3.05, 3.63) is 45.7 Å². The van der Waals surface area contributed by atoms with E-state index in [1.54, 1.807) is 12.1 Å². The minimum Gasteiger partial charge on any atom is -0.661 e.